The second-order valence-corrected chi connectivity index (χ2v) is 8.04. The van der Waals surface area contributed by atoms with Crippen molar-refractivity contribution >= 4 is 28.8 Å². The number of likely N-dealkylation sites (tertiary alicyclic amines) is 1. The molecule has 0 aromatic carbocycles. The van der Waals surface area contributed by atoms with Crippen molar-refractivity contribution in [2.24, 2.45) is 11.3 Å². The third-order valence-electron chi connectivity index (χ3n) is 5.74. The van der Waals surface area contributed by atoms with Gasteiger partial charge in [0.15, 0.2) is 0 Å². The van der Waals surface area contributed by atoms with Gasteiger partial charge < -0.3 is 14.2 Å². The molecule has 2 amide bonds. The van der Waals surface area contributed by atoms with Crippen LogP contribution in [-0.4, -0.2) is 36.3 Å². The SMILES string of the molecule is Cc1cc(C(=O)N2C[C@@H](C)[C@@]3(CCN(c4ccsc4)C3=O)C2)c(C)o1. The van der Waals surface area contributed by atoms with Crippen LogP contribution in [0.1, 0.15) is 35.2 Å². The summed E-state index contributed by atoms with van der Waals surface area (Å²) < 4.78 is 5.50. The molecule has 2 aliphatic rings. The third-order valence-corrected chi connectivity index (χ3v) is 6.41. The highest BCUT2D eigenvalue weighted by molar-refractivity contribution is 7.08. The van der Waals surface area contributed by atoms with Crippen molar-refractivity contribution in [3.8, 4) is 0 Å². The highest BCUT2D eigenvalue weighted by atomic mass is 32.1. The molecular weight excluding hydrogens is 336 g/mol. The predicted molar refractivity (Wildman–Crippen MR) is 97.0 cm³/mol. The summed E-state index contributed by atoms with van der Waals surface area (Å²) in [6.45, 7) is 7.59. The van der Waals surface area contributed by atoms with Gasteiger partial charge in [0.05, 0.1) is 16.7 Å². The smallest absolute Gasteiger partial charge is 0.257 e. The molecule has 0 radical (unpaired) electrons. The Morgan fingerprint density at radius 3 is 2.84 bits per heavy atom. The number of hydrogen-bond donors (Lipinski definition) is 0. The molecule has 132 valence electrons. The number of amides is 2. The number of carbonyl (C=O) groups excluding carboxylic acids is 2. The maximum Gasteiger partial charge on any atom is 0.257 e. The van der Waals surface area contributed by atoms with Crippen molar-refractivity contribution in [2.45, 2.75) is 27.2 Å². The quantitative estimate of drug-likeness (QED) is 0.826. The van der Waals surface area contributed by atoms with Gasteiger partial charge in [-0.15, -0.1) is 0 Å². The number of thiophene rings is 1. The van der Waals surface area contributed by atoms with Gasteiger partial charge in [0.25, 0.3) is 5.91 Å². The molecule has 6 heteroatoms. The zero-order valence-corrected chi connectivity index (χ0v) is 15.6. The fourth-order valence-corrected chi connectivity index (χ4v) is 4.93. The van der Waals surface area contributed by atoms with Crippen molar-refractivity contribution in [2.75, 3.05) is 24.5 Å². The van der Waals surface area contributed by atoms with E-state index in [1.807, 2.05) is 40.5 Å². The molecule has 4 heterocycles. The van der Waals surface area contributed by atoms with E-state index < -0.39 is 5.41 Å². The van der Waals surface area contributed by atoms with Gasteiger partial charge in [-0.1, -0.05) is 6.92 Å². The largest absolute Gasteiger partial charge is 0.466 e. The molecule has 5 nitrogen and oxygen atoms in total. The zero-order chi connectivity index (χ0) is 17.8. The summed E-state index contributed by atoms with van der Waals surface area (Å²) in [5, 5.41) is 4.00. The average Bonchev–Trinajstić information content (AvgIpc) is 3.31. The van der Waals surface area contributed by atoms with E-state index in [-0.39, 0.29) is 17.7 Å². The average molecular weight is 358 g/mol. The summed E-state index contributed by atoms with van der Waals surface area (Å²) >= 11 is 1.60. The van der Waals surface area contributed by atoms with Crippen molar-refractivity contribution in [3.05, 3.63) is 40.0 Å². The fraction of sp³-hybridized carbons (Fsp3) is 0.474. The Labute approximate surface area is 151 Å². The molecule has 0 aliphatic carbocycles. The van der Waals surface area contributed by atoms with E-state index in [0.29, 0.717) is 24.4 Å². The van der Waals surface area contributed by atoms with Gasteiger partial charge in [-0.3, -0.25) is 9.59 Å². The first kappa shape index (κ1) is 16.4. The molecule has 0 unspecified atom stereocenters. The van der Waals surface area contributed by atoms with Crippen molar-refractivity contribution in [1.82, 2.24) is 4.90 Å². The van der Waals surface area contributed by atoms with Gasteiger partial charge in [-0.2, -0.15) is 11.3 Å². The van der Waals surface area contributed by atoms with Gasteiger partial charge in [0.1, 0.15) is 11.5 Å². The van der Waals surface area contributed by atoms with Crippen LogP contribution in [0.4, 0.5) is 5.69 Å². The van der Waals surface area contributed by atoms with Crippen molar-refractivity contribution in [1.29, 1.82) is 0 Å². The molecule has 25 heavy (non-hydrogen) atoms. The minimum atomic E-state index is -0.454. The molecule has 1 spiro atoms. The molecule has 2 fully saturated rings. The molecule has 0 bridgehead atoms. The number of hydrogen-bond acceptors (Lipinski definition) is 4. The van der Waals surface area contributed by atoms with Crippen LogP contribution >= 0.6 is 11.3 Å². The zero-order valence-electron chi connectivity index (χ0n) is 14.7. The number of carbonyl (C=O) groups is 2. The van der Waals surface area contributed by atoms with E-state index in [0.717, 1.165) is 24.4 Å². The lowest BCUT2D eigenvalue weighted by Gasteiger charge is -2.26. The van der Waals surface area contributed by atoms with Gasteiger partial charge in [0.2, 0.25) is 5.91 Å². The van der Waals surface area contributed by atoms with E-state index >= 15 is 0 Å². The number of aryl methyl sites for hydroxylation is 2. The van der Waals surface area contributed by atoms with Crippen LogP contribution in [-0.2, 0) is 4.79 Å². The van der Waals surface area contributed by atoms with E-state index in [1.165, 1.54) is 0 Å². The topological polar surface area (TPSA) is 53.8 Å². The standard InChI is InChI=1S/C19H22N2O3S/c1-12-9-20(17(22)16-8-13(2)24-14(16)3)11-19(12)5-6-21(18(19)23)15-4-7-25-10-15/h4,7-8,10,12H,5-6,9,11H2,1-3H3/t12-,19-/m1/s1. The maximum absolute atomic E-state index is 13.2. The molecule has 0 N–H and O–H groups in total. The molecular formula is C19H22N2O3S. The molecule has 0 saturated carbocycles. The first-order valence-corrected chi connectivity index (χ1v) is 9.57. The molecule has 2 aromatic heterocycles. The van der Waals surface area contributed by atoms with Gasteiger partial charge in [-0.25, -0.2) is 0 Å². The fourth-order valence-electron chi connectivity index (χ4n) is 4.28. The highest BCUT2D eigenvalue weighted by Crippen LogP contribution is 2.46. The van der Waals surface area contributed by atoms with Crippen LogP contribution < -0.4 is 4.90 Å². The second-order valence-electron chi connectivity index (χ2n) is 7.26. The van der Waals surface area contributed by atoms with Gasteiger partial charge in [-0.05, 0) is 43.7 Å². The second kappa shape index (κ2) is 5.73. The minimum Gasteiger partial charge on any atom is -0.466 e. The Morgan fingerprint density at radius 2 is 2.20 bits per heavy atom. The van der Waals surface area contributed by atoms with E-state index in [4.69, 9.17) is 4.42 Å². The predicted octanol–water partition coefficient (Wildman–Crippen LogP) is 3.47. The lowest BCUT2D eigenvalue weighted by Crippen LogP contribution is -2.40. The number of rotatable bonds is 2. The summed E-state index contributed by atoms with van der Waals surface area (Å²) in [4.78, 5) is 29.8. The first-order chi connectivity index (χ1) is 11.9. The van der Waals surface area contributed by atoms with E-state index in [9.17, 15) is 9.59 Å². The highest BCUT2D eigenvalue weighted by Gasteiger charge is 2.56. The number of furan rings is 1. The van der Waals surface area contributed by atoms with Crippen LogP contribution in [0, 0.1) is 25.2 Å². The first-order valence-electron chi connectivity index (χ1n) is 8.63. The monoisotopic (exact) mass is 358 g/mol. The number of nitrogens with zero attached hydrogens (tertiary/aromatic N) is 2. The van der Waals surface area contributed by atoms with Crippen LogP contribution in [0.5, 0.6) is 0 Å². The summed E-state index contributed by atoms with van der Waals surface area (Å²) in [6, 6.07) is 3.78. The van der Waals surface area contributed by atoms with Crippen LogP contribution in [0.15, 0.2) is 27.3 Å². The lowest BCUT2D eigenvalue weighted by molar-refractivity contribution is -0.126. The number of anilines is 1. The van der Waals surface area contributed by atoms with Crippen molar-refractivity contribution in [3.63, 3.8) is 0 Å². The Kier molecular flexibility index (Phi) is 3.76. The Bertz CT molecular complexity index is 826. The summed E-state index contributed by atoms with van der Waals surface area (Å²) in [5.74, 6) is 1.67. The Morgan fingerprint density at radius 1 is 1.40 bits per heavy atom. The Hall–Kier alpha value is -2.08. The van der Waals surface area contributed by atoms with E-state index in [2.05, 4.69) is 6.92 Å². The van der Waals surface area contributed by atoms with Gasteiger partial charge in [0, 0.05) is 25.0 Å². The summed E-state index contributed by atoms with van der Waals surface area (Å²) in [6.07, 6.45) is 0.802. The Balaban J connectivity index is 1.58. The summed E-state index contributed by atoms with van der Waals surface area (Å²) in [7, 11) is 0. The van der Waals surface area contributed by atoms with Crippen molar-refractivity contribution < 1.29 is 14.0 Å². The molecule has 2 saturated heterocycles. The van der Waals surface area contributed by atoms with E-state index in [1.54, 1.807) is 17.4 Å². The molecule has 2 aliphatic heterocycles. The van der Waals surface area contributed by atoms with Crippen LogP contribution in [0.3, 0.4) is 0 Å². The normalized spacial score (nSPS) is 26.2. The lowest BCUT2D eigenvalue weighted by atomic mass is 9.78. The molecule has 4 rings (SSSR count). The van der Waals surface area contributed by atoms with Gasteiger partial charge >= 0.3 is 0 Å². The minimum absolute atomic E-state index is 0.0279. The third kappa shape index (κ3) is 2.42. The maximum atomic E-state index is 13.2. The molecule has 2 aromatic rings. The molecule has 2 atom stereocenters. The van der Waals surface area contributed by atoms with Crippen LogP contribution in [0.2, 0.25) is 0 Å². The summed E-state index contributed by atoms with van der Waals surface area (Å²) in [5.41, 5.74) is 1.14. The van der Waals surface area contributed by atoms with Crippen LogP contribution in [0.25, 0.3) is 0 Å².